The van der Waals surface area contributed by atoms with Gasteiger partial charge in [-0.2, -0.15) is 5.10 Å². The number of anilines is 1. The average Bonchev–Trinajstić information content (AvgIpc) is 3.20. The van der Waals surface area contributed by atoms with Crippen LogP contribution in [-0.4, -0.2) is 27.8 Å². The number of nitrogens with zero attached hydrogens (tertiary/aromatic N) is 2. The third-order valence-electron chi connectivity index (χ3n) is 4.54. The molecule has 0 unspecified atom stereocenters. The van der Waals surface area contributed by atoms with Crippen LogP contribution in [0, 0.1) is 0 Å². The minimum atomic E-state index is -0.909. The third-order valence-corrected chi connectivity index (χ3v) is 4.54. The Bertz CT molecular complexity index is 1010. The van der Waals surface area contributed by atoms with Crippen molar-refractivity contribution in [1.82, 2.24) is 9.78 Å². The first-order valence-electron chi connectivity index (χ1n) is 9.88. The lowest BCUT2D eigenvalue weighted by atomic mass is 10.1. The number of ether oxygens (including phenoxy) is 1. The molecule has 6 heteroatoms. The maximum Gasteiger partial charge on any atom is 0.331 e. The number of benzene rings is 2. The number of esters is 1. The third kappa shape index (κ3) is 6.17. The molecule has 1 atom stereocenters. The Morgan fingerprint density at radius 3 is 2.53 bits per heavy atom. The fraction of sp³-hybridized carbons (Fsp3) is 0.208. The van der Waals surface area contributed by atoms with Crippen molar-refractivity contribution in [2.45, 2.75) is 32.9 Å². The molecule has 0 saturated carbocycles. The summed E-state index contributed by atoms with van der Waals surface area (Å²) in [6, 6.07) is 17.5. The molecule has 0 spiro atoms. The fourth-order valence-corrected chi connectivity index (χ4v) is 2.82. The van der Waals surface area contributed by atoms with Gasteiger partial charge in [0.1, 0.15) is 0 Å². The van der Waals surface area contributed by atoms with Crippen LogP contribution in [0.5, 0.6) is 0 Å². The zero-order chi connectivity index (χ0) is 21.3. The van der Waals surface area contributed by atoms with Crippen molar-refractivity contribution >= 4 is 23.6 Å². The molecular formula is C24H25N3O3. The zero-order valence-corrected chi connectivity index (χ0v) is 17.1. The van der Waals surface area contributed by atoms with Crippen molar-refractivity contribution in [2.75, 3.05) is 5.32 Å². The SMILES string of the molecule is CCc1ccc(NC(=O)[C@H](C)OC(=O)/C=C/c2cnn(Cc3ccccc3)c2)cc1. The highest BCUT2D eigenvalue weighted by atomic mass is 16.5. The van der Waals surface area contributed by atoms with Crippen LogP contribution >= 0.6 is 0 Å². The number of carbonyl (C=O) groups is 2. The van der Waals surface area contributed by atoms with Crippen LogP contribution in [0.4, 0.5) is 5.69 Å². The molecule has 0 aliphatic rings. The van der Waals surface area contributed by atoms with Gasteiger partial charge < -0.3 is 10.1 Å². The van der Waals surface area contributed by atoms with Crippen LogP contribution in [0.25, 0.3) is 6.08 Å². The van der Waals surface area contributed by atoms with Gasteiger partial charge in [-0.15, -0.1) is 0 Å². The van der Waals surface area contributed by atoms with Gasteiger partial charge in [-0.3, -0.25) is 9.48 Å². The zero-order valence-electron chi connectivity index (χ0n) is 17.1. The van der Waals surface area contributed by atoms with Crippen molar-refractivity contribution in [3.05, 3.63) is 89.8 Å². The van der Waals surface area contributed by atoms with Gasteiger partial charge in [0.25, 0.3) is 5.91 Å². The smallest absolute Gasteiger partial charge is 0.331 e. The van der Waals surface area contributed by atoms with E-state index in [2.05, 4.69) is 17.3 Å². The van der Waals surface area contributed by atoms with Crippen LogP contribution in [-0.2, 0) is 27.3 Å². The molecule has 0 saturated heterocycles. The number of aryl methyl sites for hydroxylation is 1. The van der Waals surface area contributed by atoms with E-state index in [-0.39, 0.29) is 5.91 Å². The van der Waals surface area contributed by atoms with E-state index in [1.807, 2.05) is 60.8 Å². The molecule has 1 heterocycles. The predicted octanol–water partition coefficient (Wildman–Crippen LogP) is 4.08. The first kappa shape index (κ1) is 21.0. The van der Waals surface area contributed by atoms with Gasteiger partial charge in [0, 0.05) is 23.5 Å². The highest BCUT2D eigenvalue weighted by molar-refractivity contribution is 5.96. The second-order valence-electron chi connectivity index (χ2n) is 6.91. The molecule has 2 aromatic carbocycles. The van der Waals surface area contributed by atoms with Crippen molar-refractivity contribution in [1.29, 1.82) is 0 Å². The van der Waals surface area contributed by atoms with Gasteiger partial charge in [-0.05, 0) is 42.7 Å². The summed E-state index contributed by atoms with van der Waals surface area (Å²) in [5, 5.41) is 7.03. The highest BCUT2D eigenvalue weighted by Gasteiger charge is 2.16. The monoisotopic (exact) mass is 403 g/mol. The molecule has 0 bridgehead atoms. The lowest BCUT2D eigenvalue weighted by Crippen LogP contribution is -2.29. The molecule has 1 amide bonds. The van der Waals surface area contributed by atoms with Gasteiger partial charge in [0.05, 0.1) is 12.7 Å². The first-order valence-corrected chi connectivity index (χ1v) is 9.88. The first-order chi connectivity index (χ1) is 14.5. The van der Waals surface area contributed by atoms with Crippen LogP contribution < -0.4 is 5.32 Å². The number of nitrogens with one attached hydrogen (secondary N) is 1. The van der Waals surface area contributed by atoms with Crippen molar-refractivity contribution in [2.24, 2.45) is 0 Å². The van der Waals surface area contributed by atoms with Crippen molar-refractivity contribution < 1.29 is 14.3 Å². The minimum absolute atomic E-state index is 0.378. The molecule has 6 nitrogen and oxygen atoms in total. The lowest BCUT2D eigenvalue weighted by Gasteiger charge is -2.12. The minimum Gasteiger partial charge on any atom is -0.449 e. The molecule has 3 aromatic rings. The highest BCUT2D eigenvalue weighted by Crippen LogP contribution is 2.11. The maximum absolute atomic E-state index is 12.2. The van der Waals surface area contributed by atoms with Crippen LogP contribution in [0.1, 0.15) is 30.5 Å². The Hall–Kier alpha value is -3.67. The summed E-state index contributed by atoms with van der Waals surface area (Å²) < 4.78 is 6.98. The number of amides is 1. The molecule has 154 valence electrons. The van der Waals surface area contributed by atoms with E-state index in [1.165, 1.54) is 11.6 Å². The molecule has 0 aliphatic carbocycles. The quantitative estimate of drug-likeness (QED) is 0.454. The number of hydrogen-bond acceptors (Lipinski definition) is 4. The van der Waals surface area contributed by atoms with E-state index >= 15 is 0 Å². The number of rotatable bonds is 8. The topological polar surface area (TPSA) is 73.2 Å². The number of carbonyl (C=O) groups excluding carboxylic acids is 2. The Morgan fingerprint density at radius 2 is 1.83 bits per heavy atom. The van der Waals surface area contributed by atoms with Gasteiger partial charge in [-0.25, -0.2) is 4.79 Å². The summed E-state index contributed by atoms with van der Waals surface area (Å²) >= 11 is 0. The van der Waals surface area contributed by atoms with E-state index in [9.17, 15) is 9.59 Å². The van der Waals surface area contributed by atoms with Gasteiger partial charge in [-0.1, -0.05) is 49.4 Å². The van der Waals surface area contributed by atoms with E-state index in [0.29, 0.717) is 12.2 Å². The lowest BCUT2D eigenvalue weighted by molar-refractivity contribution is -0.148. The largest absolute Gasteiger partial charge is 0.449 e. The van der Waals surface area contributed by atoms with Crippen molar-refractivity contribution in [3.63, 3.8) is 0 Å². The molecule has 1 N–H and O–H groups in total. The maximum atomic E-state index is 12.2. The Labute approximate surface area is 176 Å². The number of hydrogen-bond donors (Lipinski definition) is 1. The van der Waals surface area contributed by atoms with Crippen LogP contribution in [0.15, 0.2) is 73.1 Å². The Balaban J connectivity index is 1.49. The normalized spacial score (nSPS) is 11.9. The summed E-state index contributed by atoms with van der Waals surface area (Å²) in [6.45, 7) is 4.26. The Morgan fingerprint density at radius 1 is 1.10 bits per heavy atom. The van der Waals surface area contributed by atoms with Crippen molar-refractivity contribution in [3.8, 4) is 0 Å². The average molecular weight is 403 g/mol. The molecule has 0 aliphatic heterocycles. The summed E-state index contributed by atoms with van der Waals surface area (Å²) in [5.74, 6) is -0.966. The number of aromatic nitrogens is 2. The molecule has 0 fully saturated rings. The molecule has 30 heavy (non-hydrogen) atoms. The summed E-state index contributed by atoms with van der Waals surface area (Å²) in [4.78, 5) is 24.3. The second-order valence-corrected chi connectivity index (χ2v) is 6.91. The van der Waals surface area contributed by atoms with Crippen LogP contribution in [0.3, 0.4) is 0 Å². The summed E-state index contributed by atoms with van der Waals surface area (Å²) in [7, 11) is 0. The second kappa shape index (κ2) is 10.2. The predicted molar refractivity (Wildman–Crippen MR) is 117 cm³/mol. The van der Waals surface area contributed by atoms with E-state index in [0.717, 1.165) is 17.5 Å². The van der Waals surface area contributed by atoms with Gasteiger partial charge in [0.2, 0.25) is 0 Å². The van der Waals surface area contributed by atoms with Crippen LogP contribution in [0.2, 0.25) is 0 Å². The molecule has 3 rings (SSSR count). The molecule has 1 aromatic heterocycles. The van der Waals surface area contributed by atoms with Gasteiger partial charge >= 0.3 is 5.97 Å². The summed E-state index contributed by atoms with van der Waals surface area (Å²) in [5.41, 5.74) is 3.77. The van der Waals surface area contributed by atoms with E-state index in [1.54, 1.807) is 23.9 Å². The van der Waals surface area contributed by atoms with E-state index < -0.39 is 12.1 Å². The summed E-state index contributed by atoms with van der Waals surface area (Å²) in [6.07, 6.45) is 6.44. The molecule has 0 radical (unpaired) electrons. The molecular weight excluding hydrogens is 378 g/mol. The standard InChI is InChI=1S/C24H25N3O3/c1-3-19-9-12-22(13-10-19)26-24(29)18(2)30-23(28)14-11-21-15-25-27(17-21)16-20-7-5-4-6-8-20/h4-15,17-18H,3,16H2,1-2H3,(H,26,29)/b14-11+/t18-/m0/s1. The van der Waals surface area contributed by atoms with E-state index in [4.69, 9.17) is 4.74 Å². The fourth-order valence-electron chi connectivity index (χ4n) is 2.82. The van der Waals surface area contributed by atoms with Gasteiger partial charge in [0.15, 0.2) is 6.10 Å². The Kier molecular flexibility index (Phi) is 7.16.